The average molecular weight is 391 g/mol. The van der Waals surface area contributed by atoms with Gasteiger partial charge in [-0.3, -0.25) is 9.36 Å². The second-order valence-electron chi connectivity index (χ2n) is 7.30. The van der Waals surface area contributed by atoms with Crippen molar-refractivity contribution in [2.75, 3.05) is 17.7 Å². The number of para-hydroxylation sites is 2. The van der Waals surface area contributed by atoms with Gasteiger partial charge in [0, 0.05) is 35.6 Å². The van der Waals surface area contributed by atoms with Crippen LogP contribution in [0.2, 0.25) is 0 Å². The summed E-state index contributed by atoms with van der Waals surface area (Å²) in [5.74, 6) is 0.380. The Bertz CT molecular complexity index is 1040. The molecule has 0 unspecified atom stereocenters. The highest BCUT2D eigenvalue weighted by atomic mass is 32.2. The predicted octanol–water partition coefficient (Wildman–Crippen LogP) is 4.24. The maximum atomic E-state index is 12.7. The van der Waals surface area contributed by atoms with Crippen LogP contribution in [-0.4, -0.2) is 33.3 Å². The number of aromatic nitrogens is 3. The van der Waals surface area contributed by atoms with Crippen LogP contribution in [0.25, 0.3) is 5.69 Å². The Morgan fingerprint density at radius 1 is 1.11 bits per heavy atom. The zero-order chi connectivity index (χ0) is 19.7. The normalized spacial score (nSPS) is 16.4. The molecule has 2 heterocycles. The van der Waals surface area contributed by atoms with E-state index in [0.29, 0.717) is 10.9 Å². The Morgan fingerprint density at radius 2 is 1.82 bits per heavy atom. The van der Waals surface area contributed by atoms with E-state index in [2.05, 4.69) is 41.1 Å². The Morgan fingerprint density at radius 3 is 2.57 bits per heavy atom. The maximum absolute atomic E-state index is 12.7. The molecular weight excluding hydrogens is 368 g/mol. The topological polar surface area (TPSA) is 51.0 Å². The zero-order valence-corrected chi connectivity index (χ0v) is 17.0. The number of thioether (sulfide) groups is 1. The minimum atomic E-state index is -0.199. The second kappa shape index (κ2) is 7.28. The number of hydrogen-bond acceptors (Lipinski definition) is 5. The molecule has 0 saturated heterocycles. The third-order valence-electron chi connectivity index (χ3n) is 5.13. The summed E-state index contributed by atoms with van der Waals surface area (Å²) >= 11 is 1.40. The molecular formula is C22H22N4OS. The SMILES string of the molecule is CN1C(=CC(=O)CSc2nncn2-c2ccccc2)C(C)(C)c2ccccc21. The van der Waals surface area contributed by atoms with Gasteiger partial charge in [0.15, 0.2) is 10.9 Å². The molecule has 142 valence electrons. The van der Waals surface area contributed by atoms with Gasteiger partial charge in [-0.2, -0.15) is 0 Å². The van der Waals surface area contributed by atoms with E-state index in [4.69, 9.17) is 0 Å². The number of hydrogen-bond donors (Lipinski definition) is 0. The van der Waals surface area contributed by atoms with Crippen molar-refractivity contribution in [3.8, 4) is 5.69 Å². The number of allylic oxidation sites excluding steroid dienone is 2. The molecule has 1 aliphatic heterocycles. The predicted molar refractivity (Wildman–Crippen MR) is 113 cm³/mol. The molecule has 0 N–H and O–H groups in total. The van der Waals surface area contributed by atoms with Gasteiger partial charge in [-0.1, -0.05) is 62.0 Å². The number of rotatable bonds is 5. The van der Waals surface area contributed by atoms with Gasteiger partial charge in [0.25, 0.3) is 0 Å². The highest BCUT2D eigenvalue weighted by molar-refractivity contribution is 7.99. The van der Waals surface area contributed by atoms with Crippen LogP contribution in [0, 0.1) is 0 Å². The molecule has 0 saturated carbocycles. The number of carbonyl (C=O) groups excluding carboxylic acids is 1. The monoisotopic (exact) mass is 390 g/mol. The summed E-state index contributed by atoms with van der Waals surface area (Å²) in [6, 6.07) is 18.2. The van der Waals surface area contributed by atoms with Crippen LogP contribution >= 0.6 is 11.8 Å². The van der Waals surface area contributed by atoms with E-state index in [1.54, 1.807) is 12.4 Å². The summed E-state index contributed by atoms with van der Waals surface area (Å²) < 4.78 is 1.90. The van der Waals surface area contributed by atoms with Crippen molar-refractivity contribution in [1.29, 1.82) is 0 Å². The molecule has 6 heteroatoms. The van der Waals surface area contributed by atoms with E-state index in [0.717, 1.165) is 17.1 Å². The first-order valence-corrected chi connectivity index (χ1v) is 10.1. The Balaban J connectivity index is 1.51. The van der Waals surface area contributed by atoms with Gasteiger partial charge in [0.05, 0.1) is 5.75 Å². The van der Waals surface area contributed by atoms with Crippen molar-refractivity contribution in [3.05, 3.63) is 78.3 Å². The molecule has 3 aromatic rings. The number of ketones is 1. The number of nitrogens with zero attached hydrogens (tertiary/aromatic N) is 4. The van der Waals surface area contributed by atoms with E-state index >= 15 is 0 Å². The molecule has 0 bridgehead atoms. The van der Waals surface area contributed by atoms with Gasteiger partial charge < -0.3 is 4.90 Å². The molecule has 1 aliphatic rings. The third kappa shape index (κ3) is 3.24. The standard InChI is InChI=1S/C22H22N4OS/c1-22(2)18-11-7-8-12-19(18)25(3)20(22)13-17(27)14-28-21-24-23-15-26(21)16-9-5-4-6-10-16/h4-13,15H,14H2,1-3H3. The van der Waals surface area contributed by atoms with Crippen LogP contribution in [-0.2, 0) is 10.2 Å². The maximum Gasteiger partial charge on any atom is 0.196 e. The van der Waals surface area contributed by atoms with Crippen molar-refractivity contribution in [1.82, 2.24) is 14.8 Å². The molecule has 2 aromatic carbocycles. The first kappa shape index (κ1) is 18.5. The smallest absolute Gasteiger partial charge is 0.196 e. The lowest BCUT2D eigenvalue weighted by Gasteiger charge is -2.23. The van der Waals surface area contributed by atoms with Gasteiger partial charge in [0.1, 0.15) is 6.33 Å². The fraction of sp³-hybridized carbons (Fsp3) is 0.227. The van der Waals surface area contributed by atoms with E-state index in [9.17, 15) is 4.79 Å². The summed E-state index contributed by atoms with van der Waals surface area (Å²) in [7, 11) is 2.02. The number of fused-ring (bicyclic) bond motifs is 1. The van der Waals surface area contributed by atoms with Crippen molar-refractivity contribution < 1.29 is 4.79 Å². The lowest BCUT2D eigenvalue weighted by molar-refractivity contribution is -0.112. The lowest BCUT2D eigenvalue weighted by Crippen LogP contribution is -2.24. The molecule has 4 rings (SSSR count). The average Bonchev–Trinajstić information content (AvgIpc) is 3.25. The van der Waals surface area contributed by atoms with E-state index < -0.39 is 0 Å². The molecule has 0 radical (unpaired) electrons. The molecule has 0 fully saturated rings. The number of benzene rings is 2. The van der Waals surface area contributed by atoms with E-state index in [1.807, 2.05) is 54.1 Å². The van der Waals surface area contributed by atoms with Crippen LogP contribution in [0.5, 0.6) is 0 Å². The van der Waals surface area contributed by atoms with Gasteiger partial charge >= 0.3 is 0 Å². The molecule has 5 nitrogen and oxygen atoms in total. The minimum Gasteiger partial charge on any atom is -0.347 e. The minimum absolute atomic E-state index is 0.0651. The van der Waals surface area contributed by atoms with Crippen molar-refractivity contribution in [3.63, 3.8) is 0 Å². The summed E-state index contributed by atoms with van der Waals surface area (Å²) in [5, 5.41) is 8.87. The molecule has 28 heavy (non-hydrogen) atoms. The van der Waals surface area contributed by atoms with E-state index in [-0.39, 0.29) is 11.2 Å². The fourth-order valence-electron chi connectivity index (χ4n) is 3.68. The summed E-state index contributed by atoms with van der Waals surface area (Å²) in [6.07, 6.45) is 3.45. The second-order valence-corrected chi connectivity index (χ2v) is 8.25. The third-order valence-corrected chi connectivity index (χ3v) is 6.10. The van der Waals surface area contributed by atoms with E-state index in [1.165, 1.54) is 17.3 Å². The molecule has 0 spiro atoms. The Labute approximate surface area is 169 Å². The quantitative estimate of drug-likeness (QED) is 0.482. The Hall–Kier alpha value is -2.86. The summed E-state index contributed by atoms with van der Waals surface area (Å²) in [6.45, 7) is 4.32. The van der Waals surface area contributed by atoms with Crippen molar-refractivity contribution in [2.45, 2.75) is 24.4 Å². The number of carbonyl (C=O) groups is 1. The van der Waals surface area contributed by atoms with Crippen LogP contribution in [0.15, 0.2) is 77.9 Å². The molecule has 0 aliphatic carbocycles. The largest absolute Gasteiger partial charge is 0.347 e. The highest BCUT2D eigenvalue weighted by Gasteiger charge is 2.38. The zero-order valence-electron chi connectivity index (χ0n) is 16.2. The number of likely N-dealkylation sites (N-methyl/N-ethyl adjacent to an activating group) is 1. The Kier molecular flexibility index (Phi) is 4.81. The molecule has 0 amide bonds. The number of anilines is 1. The van der Waals surface area contributed by atoms with Gasteiger partial charge in [-0.25, -0.2) is 0 Å². The molecule has 0 atom stereocenters. The van der Waals surface area contributed by atoms with Gasteiger partial charge in [-0.15, -0.1) is 10.2 Å². The van der Waals surface area contributed by atoms with Crippen LogP contribution in [0.4, 0.5) is 5.69 Å². The van der Waals surface area contributed by atoms with Crippen molar-refractivity contribution in [2.24, 2.45) is 0 Å². The summed E-state index contributed by atoms with van der Waals surface area (Å²) in [5.41, 5.74) is 4.20. The van der Waals surface area contributed by atoms with Crippen LogP contribution in [0.3, 0.4) is 0 Å². The summed E-state index contributed by atoms with van der Waals surface area (Å²) in [4.78, 5) is 14.9. The first-order valence-electron chi connectivity index (χ1n) is 9.15. The highest BCUT2D eigenvalue weighted by Crippen LogP contribution is 2.46. The first-order chi connectivity index (χ1) is 13.5. The lowest BCUT2D eigenvalue weighted by atomic mass is 9.83. The van der Waals surface area contributed by atoms with Crippen molar-refractivity contribution >= 4 is 23.2 Å². The van der Waals surface area contributed by atoms with Gasteiger partial charge in [0.2, 0.25) is 0 Å². The fourth-order valence-corrected chi connectivity index (χ4v) is 4.43. The van der Waals surface area contributed by atoms with Gasteiger partial charge in [-0.05, 0) is 23.8 Å². The van der Waals surface area contributed by atoms with Crippen LogP contribution in [0.1, 0.15) is 19.4 Å². The molecule has 1 aromatic heterocycles. The van der Waals surface area contributed by atoms with Crippen LogP contribution < -0.4 is 4.90 Å².